The van der Waals surface area contributed by atoms with Crippen LogP contribution in [0.3, 0.4) is 0 Å². The highest BCUT2D eigenvalue weighted by Gasteiger charge is 2.18. The predicted molar refractivity (Wildman–Crippen MR) is 114 cm³/mol. The van der Waals surface area contributed by atoms with Crippen LogP contribution in [0.15, 0.2) is 18.2 Å². The Morgan fingerprint density at radius 1 is 1.14 bits per heavy atom. The Kier molecular flexibility index (Phi) is 9.51. The van der Waals surface area contributed by atoms with Crippen LogP contribution >= 0.6 is 0 Å². The quantitative estimate of drug-likeness (QED) is 0.622. The Bertz CT molecular complexity index is 574. The molecule has 0 aliphatic carbocycles. The second-order valence-electron chi connectivity index (χ2n) is 8.47. The van der Waals surface area contributed by atoms with Crippen molar-refractivity contribution in [3.05, 3.63) is 23.8 Å². The Morgan fingerprint density at radius 3 is 2.50 bits per heavy atom. The van der Waals surface area contributed by atoms with Gasteiger partial charge in [0.2, 0.25) is 0 Å². The highest BCUT2D eigenvalue weighted by Crippen LogP contribution is 2.28. The van der Waals surface area contributed by atoms with Crippen LogP contribution in [0, 0.1) is 5.92 Å². The van der Waals surface area contributed by atoms with Crippen molar-refractivity contribution in [2.24, 2.45) is 5.92 Å². The van der Waals surface area contributed by atoms with Crippen molar-refractivity contribution in [1.29, 1.82) is 0 Å². The van der Waals surface area contributed by atoms with Gasteiger partial charge in [-0.1, -0.05) is 19.9 Å². The van der Waals surface area contributed by atoms with E-state index < -0.39 is 6.10 Å². The molecule has 1 fully saturated rings. The van der Waals surface area contributed by atoms with Crippen LogP contribution in [0.25, 0.3) is 0 Å². The van der Waals surface area contributed by atoms with Gasteiger partial charge in [0.15, 0.2) is 11.5 Å². The van der Waals surface area contributed by atoms with E-state index in [1.807, 2.05) is 12.1 Å². The zero-order valence-electron chi connectivity index (χ0n) is 18.4. The molecule has 1 saturated heterocycles. The third kappa shape index (κ3) is 7.95. The lowest BCUT2D eigenvalue weighted by Crippen LogP contribution is -2.47. The van der Waals surface area contributed by atoms with Gasteiger partial charge >= 0.3 is 0 Å². The van der Waals surface area contributed by atoms with Gasteiger partial charge in [-0.2, -0.15) is 0 Å². The van der Waals surface area contributed by atoms with Crippen molar-refractivity contribution in [3.63, 3.8) is 0 Å². The van der Waals surface area contributed by atoms with Gasteiger partial charge in [0, 0.05) is 39.3 Å². The van der Waals surface area contributed by atoms with Crippen LogP contribution in [-0.2, 0) is 6.54 Å². The second kappa shape index (κ2) is 11.6. The van der Waals surface area contributed by atoms with Gasteiger partial charge in [0.1, 0.15) is 12.7 Å². The lowest BCUT2D eigenvalue weighted by Gasteiger charge is -2.33. The molecule has 0 radical (unpaired) electrons. The first-order valence-electron chi connectivity index (χ1n) is 10.4. The molecule has 0 amide bonds. The molecule has 1 aromatic rings. The molecule has 6 nitrogen and oxygen atoms in total. The number of likely N-dealkylation sites (N-methyl/N-ethyl adjacent to an activating group) is 1. The number of aliphatic hydroxyl groups is 1. The molecule has 160 valence electrons. The molecule has 0 bridgehead atoms. The van der Waals surface area contributed by atoms with E-state index in [0.29, 0.717) is 24.0 Å². The van der Waals surface area contributed by atoms with Gasteiger partial charge in [-0.25, -0.2) is 0 Å². The van der Waals surface area contributed by atoms with E-state index in [-0.39, 0.29) is 6.61 Å². The smallest absolute Gasteiger partial charge is 0.161 e. The molecular formula is C22H39N3O3. The van der Waals surface area contributed by atoms with Crippen LogP contribution in [0.5, 0.6) is 11.5 Å². The minimum Gasteiger partial charge on any atom is -0.493 e. The minimum absolute atomic E-state index is 0.273. The zero-order valence-corrected chi connectivity index (χ0v) is 18.4. The minimum atomic E-state index is -0.509. The number of β-amino-alcohol motifs (C(OH)–C–C–N with tert-alkyl or cyclic N) is 1. The van der Waals surface area contributed by atoms with Crippen LogP contribution in [0.2, 0.25) is 0 Å². The number of aliphatic hydroxyl groups excluding tert-OH is 1. The molecule has 0 spiro atoms. The monoisotopic (exact) mass is 393 g/mol. The van der Waals surface area contributed by atoms with Gasteiger partial charge in [0.25, 0.3) is 0 Å². The van der Waals surface area contributed by atoms with Crippen molar-refractivity contribution < 1.29 is 14.6 Å². The fraction of sp³-hybridized carbons (Fsp3) is 0.727. The molecule has 1 aromatic carbocycles. The van der Waals surface area contributed by atoms with E-state index in [2.05, 4.69) is 48.7 Å². The first-order valence-corrected chi connectivity index (χ1v) is 10.4. The lowest BCUT2D eigenvalue weighted by atomic mass is 10.1. The topological polar surface area (TPSA) is 48.4 Å². The van der Waals surface area contributed by atoms with Gasteiger partial charge < -0.3 is 24.4 Å². The number of ether oxygens (including phenoxy) is 2. The Balaban J connectivity index is 1.86. The molecule has 0 saturated carbocycles. The molecule has 28 heavy (non-hydrogen) atoms. The molecular weight excluding hydrogens is 354 g/mol. The maximum Gasteiger partial charge on any atom is 0.161 e. The highest BCUT2D eigenvalue weighted by atomic mass is 16.5. The Morgan fingerprint density at radius 2 is 1.86 bits per heavy atom. The van der Waals surface area contributed by atoms with E-state index in [1.165, 1.54) is 12.0 Å². The highest BCUT2D eigenvalue weighted by molar-refractivity contribution is 5.43. The van der Waals surface area contributed by atoms with Gasteiger partial charge in [0.05, 0.1) is 7.11 Å². The van der Waals surface area contributed by atoms with Crippen molar-refractivity contribution in [3.8, 4) is 11.5 Å². The van der Waals surface area contributed by atoms with Crippen molar-refractivity contribution in [2.75, 3.05) is 67.1 Å². The average molecular weight is 394 g/mol. The number of hydrogen-bond acceptors (Lipinski definition) is 6. The maximum absolute atomic E-state index is 10.4. The van der Waals surface area contributed by atoms with E-state index in [0.717, 1.165) is 39.3 Å². The maximum atomic E-state index is 10.4. The third-order valence-corrected chi connectivity index (χ3v) is 5.26. The molecule has 1 atom stereocenters. The summed E-state index contributed by atoms with van der Waals surface area (Å²) in [6.45, 7) is 11.5. The van der Waals surface area contributed by atoms with Gasteiger partial charge in [-0.15, -0.1) is 0 Å². The molecule has 1 N–H and O–H groups in total. The van der Waals surface area contributed by atoms with E-state index in [9.17, 15) is 5.11 Å². The van der Waals surface area contributed by atoms with E-state index >= 15 is 0 Å². The summed E-state index contributed by atoms with van der Waals surface area (Å²) in [6.07, 6.45) is 0.680. The zero-order chi connectivity index (χ0) is 20.5. The van der Waals surface area contributed by atoms with E-state index in [4.69, 9.17) is 9.47 Å². The molecule has 2 rings (SSSR count). The van der Waals surface area contributed by atoms with Crippen LogP contribution < -0.4 is 9.47 Å². The van der Waals surface area contributed by atoms with Crippen molar-refractivity contribution in [1.82, 2.24) is 14.7 Å². The predicted octanol–water partition coefficient (Wildman–Crippen LogP) is 2.16. The first-order chi connectivity index (χ1) is 13.4. The summed E-state index contributed by atoms with van der Waals surface area (Å²) in [5.41, 5.74) is 1.19. The van der Waals surface area contributed by atoms with Gasteiger partial charge in [-0.05, 0) is 50.7 Å². The number of piperazine rings is 1. The Labute approximate surface area is 171 Å². The lowest BCUT2D eigenvalue weighted by molar-refractivity contribution is 0.0497. The van der Waals surface area contributed by atoms with E-state index in [1.54, 1.807) is 7.11 Å². The van der Waals surface area contributed by atoms with Crippen molar-refractivity contribution in [2.45, 2.75) is 32.9 Å². The number of benzene rings is 1. The molecule has 1 unspecified atom stereocenters. The first kappa shape index (κ1) is 22.9. The SMILES string of the molecule is COc1ccc(CN(C)CCC(C)C)cc1OCC(O)CN1CCN(C)CC1. The molecule has 1 heterocycles. The van der Waals surface area contributed by atoms with Crippen molar-refractivity contribution >= 4 is 0 Å². The summed E-state index contributed by atoms with van der Waals surface area (Å²) < 4.78 is 11.4. The second-order valence-corrected chi connectivity index (χ2v) is 8.47. The molecule has 1 aliphatic heterocycles. The number of rotatable bonds is 11. The van der Waals surface area contributed by atoms with Crippen LogP contribution in [0.4, 0.5) is 0 Å². The fourth-order valence-electron chi connectivity index (χ4n) is 3.37. The molecule has 0 aromatic heterocycles. The molecule has 1 aliphatic rings. The summed E-state index contributed by atoms with van der Waals surface area (Å²) in [6, 6.07) is 6.07. The number of methoxy groups -OCH3 is 1. The summed E-state index contributed by atoms with van der Waals surface area (Å²) >= 11 is 0. The Hall–Kier alpha value is -1.34. The number of nitrogens with zero attached hydrogens (tertiary/aromatic N) is 3. The van der Waals surface area contributed by atoms with Gasteiger partial charge in [-0.3, -0.25) is 4.90 Å². The fourth-order valence-corrected chi connectivity index (χ4v) is 3.37. The summed E-state index contributed by atoms with van der Waals surface area (Å²) in [5, 5.41) is 10.4. The van der Waals surface area contributed by atoms with Crippen LogP contribution in [-0.4, -0.2) is 93.0 Å². The average Bonchev–Trinajstić information content (AvgIpc) is 2.66. The summed E-state index contributed by atoms with van der Waals surface area (Å²) in [7, 11) is 5.93. The number of hydrogen-bond donors (Lipinski definition) is 1. The third-order valence-electron chi connectivity index (χ3n) is 5.26. The summed E-state index contributed by atoms with van der Waals surface area (Å²) in [4.78, 5) is 6.94. The largest absolute Gasteiger partial charge is 0.493 e. The summed E-state index contributed by atoms with van der Waals surface area (Å²) in [5.74, 6) is 2.12. The normalized spacial score (nSPS) is 17.3. The van der Waals surface area contributed by atoms with Crippen LogP contribution in [0.1, 0.15) is 25.8 Å². The standard InChI is InChI=1S/C22H39N3O3/c1-18(2)8-9-24(4)15-19-6-7-21(27-5)22(14-19)28-17-20(26)16-25-12-10-23(3)11-13-25/h6-7,14,18,20,26H,8-13,15-17H2,1-5H3. The molecule has 6 heteroatoms.